The number of carbonyl (C=O) groups is 3. The Bertz CT molecular complexity index is 1180. The van der Waals surface area contributed by atoms with Gasteiger partial charge in [0.1, 0.15) is 11.8 Å². The van der Waals surface area contributed by atoms with Gasteiger partial charge in [-0.3, -0.25) is 14.4 Å². The largest absolute Gasteiger partial charge is 0.494 e. The van der Waals surface area contributed by atoms with E-state index in [1.165, 1.54) is 6.42 Å². The van der Waals surface area contributed by atoms with Gasteiger partial charge in [-0.15, -0.1) is 24.9 Å². The number of fused-ring (bicyclic) bond motifs is 1. The van der Waals surface area contributed by atoms with Crippen LogP contribution in [0.25, 0.3) is 0 Å². The van der Waals surface area contributed by atoms with Crippen molar-refractivity contribution in [3.05, 3.63) is 49.6 Å². The fourth-order valence-electron chi connectivity index (χ4n) is 7.84. The lowest BCUT2D eigenvalue weighted by Gasteiger charge is -2.42. The van der Waals surface area contributed by atoms with Crippen LogP contribution in [0, 0.1) is 11.8 Å². The van der Waals surface area contributed by atoms with E-state index in [2.05, 4.69) is 13.2 Å². The van der Waals surface area contributed by atoms with E-state index in [1.807, 2.05) is 36.1 Å². The van der Waals surface area contributed by atoms with Crippen molar-refractivity contribution in [2.45, 2.75) is 86.9 Å². The van der Waals surface area contributed by atoms with Crippen LogP contribution >= 0.6 is 11.8 Å². The first-order chi connectivity index (χ1) is 20.3. The summed E-state index contributed by atoms with van der Waals surface area (Å²) >= 11 is 1.67. The number of rotatable bonds is 12. The number of ether oxygens (including phenoxy) is 1. The van der Waals surface area contributed by atoms with Crippen LogP contribution in [0.5, 0.6) is 5.75 Å². The molecule has 6 atom stereocenters. The fourth-order valence-corrected chi connectivity index (χ4v) is 10.0. The van der Waals surface area contributed by atoms with Crippen molar-refractivity contribution in [3.63, 3.8) is 0 Å². The van der Waals surface area contributed by atoms with Crippen LogP contribution in [-0.4, -0.2) is 87.1 Å². The first-order valence-corrected chi connectivity index (χ1v) is 16.4. The van der Waals surface area contributed by atoms with Crippen LogP contribution in [0.1, 0.15) is 58.8 Å². The number of hydrogen-bond donors (Lipinski definition) is 1. The highest BCUT2D eigenvalue weighted by Crippen LogP contribution is 2.67. The normalized spacial score (nSPS) is 29.2. The molecule has 1 spiro atoms. The minimum Gasteiger partial charge on any atom is -0.494 e. The summed E-state index contributed by atoms with van der Waals surface area (Å²) in [5.41, 5.74) is 0.721. The zero-order chi connectivity index (χ0) is 30.0. The van der Waals surface area contributed by atoms with E-state index in [1.54, 1.807) is 40.6 Å². The van der Waals surface area contributed by atoms with Crippen molar-refractivity contribution >= 4 is 35.2 Å². The molecular weight excluding hydrogens is 550 g/mol. The number of benzene rings is 1. The monoisotopic (exact) mass is 595 g/mol. The number of aliphatic hydroxyl groups is 1. The van der Waals surface area contributed by atoms with E-state index in [-0.39, 0.29) is 35.6 Å². The molecule has 1 saturated carbocycles. The van der Waals surface area contributed by atoms with E-state index in [0.29, 0.717) is 26.1 Å². The standard InChI is InChI=1S/C33H45N3O5S/c1-5-19-34(24-13-15-25(16-14-24)41-7-3)30(38)27-26-17-18-33(42-26)28(27)31(39)36(22(4)21-37)29(33)32(40)35(20-6-2)23-11-9-8-10-12-23/h5-6,13-16,22-23,26-29,37H,1-2,7-12,17-21H2,3-4H3/t22-,26+,27-,28+,29?,33?/m1/s1. The summed E-state index contributed by atoms with van der Waals surface area (Å²) in [5.74, 6) is -0.815. The highest BCUT2D eigenvalue weighted by molar-refractivity contribution is 8.02. The van der Waals surface area contributed by atoms with Gasteiger partial charge in [-0.25, -0.2) is 0 Å². The predicted molar refractivity (Wildman–Crippen MR) is 166 cm³/mol. The zero-order valence-corrected chi connectivity index (χ0v) is 25.8. The lowest BCUT2D eigenvalue weighted by Crippen LogP contribution is -2.59. The molecule has 9 heteroatoms. The van der Waals surface area contributed by atoms with Gasteiger partial charge in [-0.1, -0.05) is 31.4 Å². The zero-order valence-electron chi connectivity index (χ0n) is 25.0. The van der Waals surface area contributed by atoms with Gasteiger partial charge in [-0.05, 0) is 63.8 Å². The Morgan fingerprint density at radius 1 is 1.12 bits per heavy atom. The molecule has 2 bridgehead atoms. The number of amides is 3. The number of carbonyl (C=O) groups excluding carboxylic acids is 3. The average Bonchev–Trinajstić information content (AvgIpc) is 3.66. The highest BCUT2D eigenvalue weighted by Gasteiger charge is 2.74. The minimum atomic E-state index is -0.717. The fraction of sp³-hybridized carbons (Fsp3) is 0.606. The molecule has 3 saturated heterocycles. The van der Waals surface area contributed by atoms with Crippen molar-refractivity contribution in [1.29, 1.82) is 0 Å². The second-order valence-electron chi connectivity index (χ2n) is 12.1. The second kappa shape index (κ2) is 12.8. The van der Waals surface area contributed by atoms with Crippen molar-refractivity contribution in [1.82, 2.24) is 9.80 Å². The topological polar surface area (TPSA) is 90.4 Å². The molecule has 3 amide bonds. The molecule has 4 aliphatic rings. The Morgan fingerprint density at radius 3 is 2.43 bits per heavy atom. The number of anilines is 1. The van der Waals surface area contributed by atoms with Crippen LogP contribution < -0.4 is 9.64 Å². The molecule has 1 aromatic carbocycles. The average molecular weight is 596 g/mol. The summed E-state index contributed by atoms with van der Waals surface area (Å²) in [4.78, 5) is 48.7. The van der Waals surface area contributed by atoms with Crippen molar-refractivity contribution < 1.29 is 24.2 Å². The molecule has 1 aromatic rings. The third-order valence-electron chi connectivity index (χ3n) is 9.66. The van der Waals surface area contributed by atoms with Crippen LogP contribution in [0.4, 0.5) is 5.69 Å². The number of hydrogen-bond acceptors (Lipinski definition) is 6. The summed E-state index contributed by atoms with van der Waals surface area (Å²) in [6, 6.07) is 6.28. The molecule has 4 fully saturated rings. The van der Waals surface area contributed by atoms with E-state index >= 15 is 0 Å². The highest BCUT2D eigenvalue weighted by atomic mass is 32.2. The maximum atomic E-state index is 14.6. The maximum Gasteiger partial charge on any atom is 0.247 e. The summed E-state index contributed by atoms with van der Waals surface area (Å²) in [5, 5.41) is 10.2. The Hall–Kier alpha value is -2.78. The van der Waals surface area contributed by atoms with Crippen molar-refractivity contribution in [3.8, 4) is 5.75 Å². The van der Waals surface area contributed by atoms with Gasteiger partial charge < -0.3 is 24.5 Å². The molecule has 1 N–H and O–H groups in total. The quantitative estimate of drug-likeness (QED) is 0.360. The number of thioether (sulfide) groups is 1. The smallest absolute Gasteiger partial charge is 0.247 e. The van der Waals surface area contributed by atoms with Crippen LogP contribution in [0.3, 0.4) is 0 Å². The van der Waals surface area contributed by atoms with E-state index < -0.39 is 28.7 Å². The third kappa shape index (κ3) is 5.17. The Balaban J connectivity index is 1.51. The first kappa shape index (κ1) is 30.7. The van der Waals surface area contributed by atoms with Crippen LogP contribution in [-0.2, 0) is 14.4 Å². The minimum absolute atomic E-state index is 0.0501. The summed E-state index contributed by atoms with van der Waals surface area (Å²) < 4.78 is 4.89. The van der Waals surface area contributed by atoms with E-state index in [4.69, 9.17) is 4.74 Å². The van der Waals surface area contributed by atoms with Gasteiger partial charge in [0.05, 0.1) is 35.8 Å². The van der Waals surface area contributed by atoms with Crippen LogP contribution in [0.15, 0.2) is 49.6 Å². The molecule has 8 nitrogen and oxygen atoms in total. The molecule has 1 aliphatic carbocycles. The predicted octanol–water partition coefficient (Wildman–Crippen LogP) is 4.42. The molecular formula is C33H45N3O5S. The maximum absolute atomic E-state index is 14.6. The molecule has 0 aromatic heterocycles. The molecule has 5 rings (SSSR count). The summed E-state index contributed by atoms with van der Waals surface area (Å²) in [6.45, 7) is 12.6. The third-order valence-corrected chi connectivity index (χ3v) is 11.6. The van der Waals surface area contributed by atoms with E-state index in [9.17, 15) is 19.5 Å². The lowest BCUT2D eigenvalue weighted by atomic mass is 9.70. The molecule has 228 valence electrons. The van der Waals surface area contributed by atoms with Crippen LogP contribution in [0.2, 0.25) is 0 Å². The first-order valence-electron chi connectivity index (χ1n) is 15.5. The number of nitrogens with zero attached hydrogens (tertiary/aromatic N) is 3. The number of aliphatic hydroxyl groups excluding tert-OH is 1. The Kier molecular flexibility index (Phi) is 9.38. The molecule has 3 aliphatic heterocycles. The van der Waals surface area contributed by atoms with Crippen molar-refractivity contribution in [2.75, 3.05) is 31.2 Å². The van der Waals surface area contributed by atoms with Gasteiger partial charge in [0.15, 0.2) is 0 Å². The second-order valence-corrected chi connectivity index (χ2v) is 13.7. The number of likely N-dealkylation sites (tertiary alicyclic amines) is 1. The lowest BCUT2D eigenvalue weighted by molar-refractivity contribution is -0.146. The molecule has 3 heterocycles. The summed E-state index contributed by atoms with van der Waals surface area (Å²) in [6.07, 6.45) is 10.2. The molecule has 42 heavy (non-hydrogen) atoms. The molecule has 2 unspecified atom stereocenters. The van der Waals surface area contributed by atoms with Gasteiger partial charge >= 0.3 is 0 Å². The van der Waals surface area contributed by atoms with E-state index in [0.717, 1.165) is 43.5 Å². The molecule has 0 radical (unpaired) electrons. The van der Waals surface area contributed by atoms with Gasteiger partial charge in [0.25, 0.3) is 0 Å². The Labute approximate surface area is 254 Å². The Morgan fingerprint density at radius 2 is 1.81 bits per heavy atom. The van der Waals surface area contributed by atoms with Crippen molar-refractivity contribution in [2.24, 2.45) is 11.8 Å². The van der Waals surface area contributed by atoms with Gasteiger partial charge in [0, 0.05) is 30.1 Å². The van der Waals surface area contributed by atoms with Gasteiger partial charge in [-0.2, -0.15) is 0 Å². The van der Waals surface area contributed by atoms with Gasteiger partial charge in [0.2, 0.25) is 17.7 Å². The summed E-state index contributed by atoms with van der Waals surface area (Å²) in [7, 11) is 0. The SMILES string of the molecule is C=CCN(C(=O)[C@@H]1[C@@H]2CCC3(S2)C(C(=O)N(CC=C)C2CCCCC2)N([C@H](C)CO)C(=O)[C@H]13)c1ccc(OCC)cc1.